The van der Waals surface area contributed by atoms with Gasteiger partial charge in [-0.3, -0.25) is 4.68 Å². The Morgan fingerprint density at radius 2 is 2.33 bits per heavy atom. The molecule has 4 N–H and O–H groups in total. The molecule has 1 aromatic heterocycles. The van der Waals surface area contributed by atoms with E-state index >= 15 is 0 Å². The molecule has 1 aromatic carbocycles. The van der Waals surface area contributed by atoms with Gasteiger partial charge in [-0.2, -0.15) is 5.10 Å². The van der Waals surface area contributed by atoms with Gasteiger partial charge >= 0.3 is 0 Å². The topological polar surface area (TPSA) is 88.5 Å². The monoisotopic (exact) mass is 287 g/mol. The molecule has 0 radical (unpaired) electrons. The Balaban J connectivity index is 1.78. The molecule has 0 amide bonds. The van der Waals surface area contributed by atoms with Gasteiger partial charge in [-0.1, -0.05) is 17.3 Å². The maximum Gasteiger partial charge on any atom is 0.170 e. The highest BCUT2D eigenvalue weighted by molar-refractivity contribution is 5.97. The summed E-state index contributed by atoms with van der Waals surface area (Å²) in [5.41, 5.74) is 8.64. The number of nitrogens with two attached hydrogens (primary N) is 1. The Morgan fingerprint density at radius 1 is 1.48 bits per heavy atom. The molecule has 6 heteroatoms. The second-order valence-corrected chi connectivity index (χ2v) is 4.93. The van der Waals surface area contributed by atoms with E-state index < -0.39 is 0 Å². The van der Waals surface area contributed by atoms with Crippen LogP contribution in [0.15, 0.2) is 41.8 Å². The summed E-state index contributed by atoms with van der Waals surface area (Å²) in [5, 5.41) is 19.3. The van der Waals surface area contributed by atoms with Gasteiger partial charge in [0.25, 0.3) is 0 Å². The van der Waals surface area contributed by atoms with Crippen LogP contribution in [0.4, 0.5) is 0 Å². The van der Waals surface area contributed by atoms with Gasteiger partial charge in [0.05, 0.1) is 0 Å². The second-order valence-electron chi connectivity index (χ2n) is 4.93. The fourth-order valence-electron chi connectivity index (χ4n) is 2.13. The van der Waals surface area contributed by atoms with Gasteiger partial charge in [0, 0.05) is 31.0 Å². The number of oxime groups is 1. The summed E-state index contributed by atoms with van der Waals surface area (Å²) in [6.07, 6.45) is 4.79. The first-order valence-corrected chi connectivity index (χ1v) is 6.96. The van der Waals surface area contributed by atoms with Crippen LogP contribution in [0.1, 0.15) is 23.1 Å². The zero-order valence-corrected chi connectivity index (χ0v) is 12.2. The van der Waals surface area contributed by atoms with Crippen molar-refractivity contribution in [2.45, 2.75) is 26.4 Å². The van der Waals surface area contributed by atoms with Crippen molar-refractivity contribution in [1.29, 1.82) is 0 Å². The first-order valence-electron chi connectivity index (χ1n) is 6.96. The first-order chi connectivity index (χ1) is 10.2. The minimum absolute atomic E-state index is 0.136. The van der Waals surface area contributed by atoms with E-state index in [9.17, 15) is 0 Å². The van der Waals surface area contributed by atoms with Gasteiger partial charge in [-0.15, -0.1) is 0 Å². The lowest BCUT2D eigenvalue weighted by atomic mass is 10.0. The van der Waals surface area contributed by atoms with Gasteiger partial charge < -0.3 is 16.3 Å². The number of hydrogen-bond donors (Lipinski definition) is 3. The fraction of sp³-hybridized carbons (Fsp3) is 0.333. The van der Waals surface area contributed by atoms with E-state index in [-0.39, 0.29) is 5.84 Å². The van der Waals surface area contributed by atoms with E-state index in [0.29, 0.717) is 0 Å². The number of amidine groups is 1. The number of aromatic nitrogens is 2. The van der Waals surface area contributed by atoms with Gasteiger partial charge in [-0.25, -0.2) is 0 Å². The third-order valence-electron chi connectivity index (χ3n) is 3.36. The van der Waals surface area contributed by atoms with E-state index in [2.05, 4.69) is 15.6 Å². The Labute approximate surface area is 124 Å². The van der Waals surface area contributed by atoms with Crippen LogP contribution in [0.25, 0.3) is 0 Å². The molecule has 2 rings (SSSR count). The minimum atomic E-state index is 0.136. The molecule has 21 heavy (non-hydrogen) atoms. The third kappa shape index (κ3) is 4.32. The molecule has 0 aliphatic heterocycles. The van der Waals surface area contributed by atoms with Crippen LogP contribution in [-0.4, -0.2) is 27.4 Å². The largest absolute Gasteiger partial charge is 0.409 e. The fourth-order valence-corrected chi connectivity index (χ4v) is 2.13. The van der Waals surface area contributed by atoms with Crippen molar-refractivity contribution in [2.75, 3.05) is 6.54 Å². The molecular weight excluding hydrogens is 266 g/mol. The third-order valence-corrected chi connectivity index (χ3v) is 3.36. The van der Waals surface area contributed by atoms with Crippen molar-refractivity contribution in [3.05, 3.63) is 53.3 Å². The van der Waals surface area contributed by atoms with E-state index in [0.717, 1.165) is 37.2 Å². The summed E-state index contributed by atoms with van der Waals surface area (Å²) in [4.78, 5) is 0. The molecule has 0 saturated heterocycles. The minimum Gasteiger partial charge on any atom is -0.409 e. The molecule has 0 unspecified atom stereocenters. The van der Waals surface area contributed by atoms with Gasteiger partial charge in [0.2, 0.25) is 0 Å². The van der Waals surface area contributed by atoms with Crippen LogP contribution in [-0.2, 0) is 13.1 Å². The highest BCUT2D eigenvalue weighted by atomic mass is 16.4. The van der Waals surface area contributed by atoms with Crippen LogP contribution >= 0.6 is 0 Å². The number of nitrogens with one attached hydrogen (secondary N) is 1. The zero-order valence-electron chi connectivity index (χ0n) is 12.2. The quantitative estimate of drug-likeness (QED) is 0.236. The number of benzene rings is 1. The summed E-state index contributed by atoms with van der Waals surface area (Å²) < 4.78 is 1.93. The van der Waals surface area contributed by atoms with Gasteiger partial charge in [-0.05, 0) is 43.1 Å². The molecule has 0 aliphatic rings. The van der Waals surface area contributed by atoms with Crippen molar-refractivity contribution in [3.63, 3.8) is 0 Å². The molecular formula is C15H21N5O. The average Bonchev–Trinajstić information content (AvgIpc) is 3.00. The number of aryl methyl sites for hydroxylation is 2. The smallest absolute Gasteiger partial charge is 0.170 e. The van der Waals surface area contributed by atoms with Crippen LogP contribution in [0, 0.1) is 6.92 Å². The van der Waals surface area contributed by atoms with Crippen molar-refractivity contribution < 1.29 is 5.21 Å². The zero-order chi connectivity index (χ0) is 15.1. The van der Waals surface area contributed by atoms with Crippen molar-refractivity contribution >= 4 is 5.84 Å². The maximum absolute atomic E-state index is 8.67. The molecule has 6 nitrogen and oxygen atoms in total. The standard InChI is InChI=1S/C15H21N5O/c1-12-10-13(15(16)19-21)4-5-14(12)11-17-6-2-8-20-9-3-7-18-20/h3-5,7,9-10,17,21H,2,6,8,11H2,1H3,(H2,16,19). The van der Waals surface area contributed by atoms with E-state index in [1.807, 2.05) is 42.1 Å². The summed E-state index contributed by atoms with van der Waals surface area (Å²) in [5.74, 6) is 0.136. The number of nitrogens with zero attached hydrogens (tertiary/aromatic N) is 3. The predicted octanol–water partition coefficient (Wildman–Crippen LogP) is 1.47. The normalized spacial score (nSPS) is 11.8. The highest BCUT2D eigenvalue weighted by Crippen LogP contribution is 2.11. The van der Waals surface area contributed by atoms with Crippen molar-refractivity contribution in [3.8, 4) is 0 Å². The van der Waals surface area contributed by atoms with E-state index in [4.69, 9.17) is 10.9 Å². The van der Waals surface area contributed by atoms with Gasteiger partial charge in [0.15, 0.2) is 5.84 Å². The molecule has 2 aromatic rings. The molecule has 0 aliphatic carbocycles. The van der Waals surface area contributed by atoms with Gasteiger partial charge in [0.1, 0.15) is 0 Å². The van der Waals surface area contributed by atoms with E-state index in [1.165, 1.54) is 5.56 Å². The van der Waals surface area contributed by atoms with Crippen molar-refractivity contribution in [1.82, 2.24) is 15.1 Å². The first kappa shape index (κ1) is 15.1. The maximum atomic E-state index is 8.67. The average molecular weight is 287 g/mol. The molecule has 0 bridgehead atoms. The molecule has 1 heterocycles. The van der Waals surface area contributed by atoms with Crippen molar-refractivity contribution in [2.24, 2.45) is 10.9 Å². The molecule has 0 atom stereocenters. The molecule has 0 spiro atoms. The second kappa shape index (κ2) is 7.44. The predicted molar refractivity (Wildman–Crippen MR) is 82.2 cm³/mol. The summed E-state index contributed by atoms with van der Waals surface area (Å²) in [6, 6.07) is 7.72. The summed E-state index contributed by atoms with van der Waals surface area (Å²) in [7, 11) is 0. The summed E-state index contributed by atoms with van der Waals surface area (Å²) in [6.45, 7) is 4.68. The Bertz CT molecular complexity index is 592. The van der Waals surface area contributed by atoms with Crippen LogP contribution in [0.5, 0.6) is 0 Å². The van der Waals surface area contributed by atoms with Crippen LogP contribution in [0.2, 0.25) is 0 Å². The lowest BCUT2D eigenvalue weighted by Gasteiger charge is -2.09. The number of hydrogen-bond acceptors (Lipinski definition) is 4. The summed E-state index contributed by atoms with van der Waals surface area (Å²) >= 11 is 0. The van der Waals surface area contributed by atoms with Crippen LogP contribution in [0.3, 0.4) is 0 Å². The Morgan fingerprint density at radius 3 is 3.00 bits per heavy atom. The van der Waals surface area contributed by atoms with Crippen LogP contribution < -0.4 is 11.1 Å². The molecule has 0 saturated carbocycles. The lowest BCUT2D eigenvalue weighted by Crippen LogP contribution is -2.18. The lowest BCUT2D eigenvalue weighted by molar-refractivity contribution is 0.318. The SMILES string of the molecule is Cc1cc(/C(N)=N/O)ccc1CNCCCn1cccn1. The molecule has 112 valence electrons. The Kier molecular flexibility index (Phi) is 5.34. The van der Waals surface area contributed by atoms with E-state index in [1.54, 1.807) is 6.20 Å². The number of rotatable bonds is 7. The highest BCUT2D eigenvalue weighted by Gasteiger charge is 2.03. The molecule has 0 fully saturated rings. The Hall–Kier alpha value is -2.34.